The number of rotatable bonds is 9. The van der Waals surface area contributed by atoms with Gasteiger partial charge in [0.15, 0.2) is 0 Å². The summed E-state index contributed by atoms with van der Waals surface area (Å²) in [7, 11) is 0. The lowest BCUT2D eigenvalue weighted by Gasteiger charge is -2.08. The molecule has 0 fully saturated rings. The van der Waals surface area contributed by atoms with Crippen molar-refractivity contribution in [2.75, 3.05) is 19.7 Å². The van der Waals surface area contributed by atoms with E-state index in [1.807, 2.05) is 0 Å². The van der Waals surface area contributed by atoms with E-state index in [0.29, 0.717) is 0 Å². The van der Waals surface area contributed by atoms with Gasteiger partial charge in [0.05, 0.1) is 6.61 Å². The first-order chi connectivity index (χ1) is 8.72. The highest BCUT2D eigenvalue weighted by Gasteiger charge is 1.95. The summed E-state index contributed by atoms with van der Waals surface area (Å²) in [6.45, 7) is 9.62. The van der Waals surface area contributed by atoms with E-state index < -0.39 is 0 Å². The van der Waals surface area contributed by atoms with Crippen LogP contribution in [-0.2, 0) is 6.42 Å². The predicted octanol–water partition coefficient (Wildman–Crippen LogP) is 3.65. The zero-order valence-corrected chi connectivity index (χ0v) is 12.0. The van der Waals surface area contributed by atoms with Crippen LogP contribution < -0.4 is 10.1 Å². The Labute approximate surface area is 112 Å². The number of hydrogen-bond donors (Lipinski definition) is 1. The second kappa shape index (κ2) is 8.98. The molecular weight excluding hydrogens is 222 g/mol. The largest absolute Gasteiger partial charge is 0.494 e. The van der Waals surface area contributed by atoms with Gasteiger partial charge in [-0.15, -0.1) is 0 Å². The van der Waals surface area contributed by atoms with Crippen LogP contribution in [0.25, 0.3) is 0 Å². The third kappa shape index (κ3) is 6.65. The van der Waals surface area contributed by atoms with Crippen LogP contribution in [-0.4, -0.2) is 19.7 Å². The molecule has 0 bridgehead atoms. The maximum absolute atomic E-state index is 5.69. The zero-order chi connectivity index (χ0) is 13.2. The Bertz CT molecular complexity index is 305. The van der Waals surface area contributed by atoms with Gasteiger partial charge in [0.2, 0.25) is 0 Å². The lowest BCUT2D eigenvalue weighted by molar-refractivity contribution is 0.307. The Morgan fingerprint density at radius 2 is 1.83 bits per heavy atom. The summed E-state index contributed by atoms with van der Waals surface area (Å²) >= 11 is 0. The molecule has 0 aliphatic heterocycles. The Kier molecular flexibility index (Phi) is 7.51. The van der Waals surface area contributed by atoms with Crippen molar-refractivity contribution in [3.63, 3.8) is 0 Å². The topological polar surface area (TPSA) is 21.3 Å². The van der Waals surface area contributed by atoms with E-state index in [1.165, 1.54) is 12.0 Å². The molecule has 0 spiro atoms. The summed E-state index contributed by atoms with van der Waals surface area (Å²) in [5, 5.41) is 3.44. The first-order valence-corrected chi connectivity index (χ1v) is 7.14. The van der Waals surface area contributed by atoms with Crippen molar-refractivity contribution in [2.45, 2.75) is 40.0 Å². The van der Waals surface area contributed by atoms with E-state index in [1.54, 1.807) is 0 Å². The van der Waals surface area contributed by atoms with Gasteiger partial charge in [0, 0.05) is 0 Å². The average molecular weight is 249 g/mol. The average Bonchev–Trinajstić information content (AvgIpc) is 2.38. The number of ether oxygens (including phenoxy) is 1. The first kappa shape index (κ1) is 15.0. The van der Waals surface area contributed by atoms with Crippen LogP contribution in [0.3, 0.4) is 0 Å². The third-order valence-corrected chi connectivity index (χ3v) is 3.00. The minimum absolute atomic E-state index is 0.783. The summed E-state index contributed by atoms with van der Waals surface area (Å²) in [5.41, 5.74) is 1.36. The van der Waals surface area contributed by atoms with E-state index in [-0.39, 0.29) is 0 Å². The molecule has 0 unspecified atom stereocenters. The quantitative estimate of drug-likeness (QED) is 0.674. The Hall–Kier alpha value is -1.02. The Morgan fingerprint density at radius 3 is 2.44 bits per heavy atom. The smallest absolute Gasteiger partial charge is 0.119 e. The summed E-state index contributed by atoms with van der Waals surface area (Å²) in [6.07, 6.45) is 3.40. The predicted molar refractivity (Wildman–Crippen MR) is 78.3 cm³/mol. The Morgan fingerprint density at radius 1 is 1.11 bits per heavy atom. The van der Waals surface area contributed by atoms with E-state index >= 15 is 0 Å². The highest BCUT2D eigenvalue weighted by atomic mass is 16.5. The van der Waals surface area contributed by atoms with E-state index in [2.05, 4.69) is 50.4 Å². The van der Waals surface area contributed by atoms with Crippen molar-refractivity contribution >= 4 is 0 Å². The van der Waals surface area contributed by atoms with Gasteiger partial charge in [0.25, 0.3) is 0 Å². The van der Waals surface area contributed by atoms with Crippen LogP contribution >= 0.6 is 0 Å². The summed E-state index contributed by atoms with van der Waals surface area (Å²) in [4.78, 5) is 0. The number of benzene rings is 1. The molecule has 0 aliphatic carbocycles. The summed E-state index contributed by atoms with van der Waals surface area (Å²) < 4.78 is 5.69. The molecule has 1 N–H and O–H groups in total. The monoisotopic (exact) mass is 249 g/mol. The van der Waals surface area contributed by atoms with Crippen LogP contribution in [0.15, 0.2) is 24.3 Å². The normalized spacial score (nSPS) is 10.9. The second-order valence-corrected chi connectivity index (χ2v) is 5.13. The fraction of sp³-hybridized carbons (Fsp3) is 0.625. The van der Waals surface area contributed by atoms with Crippen LogP contribution in [0.1, 0.15) is 39.2 Å². The first-order valence-electron chi connectivity index (χ1n) is 7.14. The highest BCUT2D eigenvalue weighted by Crippen LogP contribution is 2.12. The third-order valence-electron chi connectivity index (χ3n) is 3.00. The molecule has 1 aromatic carbocycles. The molecule has 0 saturated heterocycles. The minimum Gasteiger partial charge on any atom is -0.494 e. The standard InChI is InChI=1S/C16H27NO/c1-4-15-6-8-16(9-7-15)18-13-5-11-17-12-10-14(2)3/h6-9,14,17H,4-5,10-13H2,1-3H3. The summed E-state index contributed by atoms with van der Waals surface area (Å²) in [6, 6.07) is 8.39. The lowest BCUT2D eigenvalue weighted by atomic mass is 10.1. The van der Waals surface area contributed by atoms with Crippen LogP contribution in [0.5, 0.6) is 5.75 Å². The van der Waals surface area contributed by atoms with Gasteiger partial charge in [-0.3, -0.25) is 0 Å². The molecule has 0 atom stereocenters. The van der Waals surface area contributed by atoms with Gasteiger partial charge in [-0.2, -0.15) is 0 Å². The maximum Gasteiger partial charge on any atom is 0.119 e. The summed E-state index contributed by atoms with van der Waals surface area (Å²) in [5.74, 6) is 1.76. The molecule has 0 heterocycles. The van der Waals surface area contributed by atoms with E-state index in [4.69, 9.17) is 4.74 Å². The zero-order valence-electron chi connectivity index (χ0n) is 12.0. The van der Waals surface area contributed by atoms with Crippen LogP contribution in [0.2, 0.25) is 0 Å². The molecule has 2 heteroatoms. The molecule has 0 aromatic heterocycles. The van der Waals surface area contributed by atoms with E-state index in [0.717, 1.165) is 44.2 Å². The van der Waals surface area contributed by atoms with Crippen LogP contribution in [0.4, 0.5) is 0 Å². The van der Waals surface area contributed by atoms with Crippen molar-refractivity contribution in [1.82, 2.24) is 5.32 Å². The van der Waals surface area contributed by atoms with Crippen molar-refractivity contribution in [3.8, 4) is 5.75 Å². The van der Waals surface area contributed by atoms with Crippen molar-refractivity contribution in [1.29, 1.82) is 0 Å². The van der Waals surface area contributed by atoms with Gasteiger partial charge in [-0.25, -0.2) is 0 Å². The molecule has 18 heavy (non-hydrogen) atoms. The SMILES string of the molecule is CCc1ccc(OCCCNCCC(C)C)cc1. The minimum atomic E-state index is 0.783. The number of nitrogens with one attached hydrogen (secondary N) is 1. The molecule has 1 aromatic rings. The molecule has 0 radical (unpaired) electrons. The highest BCUT2D eigenvalue weighted by molar-refractivity contribution is 5.27. The molecule has 0 saturated carbocycles. The van der Waals surface area contributed by atoms with Crippen molar-refractivity contribution in [2.24, 2.45) is 5.92 Å². The van der Waals surface area contributed by atoms with E-state index in [9.17, 15) is 0 Å². The molecule has 0 amide bonds. The van der Waals surface area contributed by atoms with Gasteiger partial charge in [-0.1, -0.05) is 32.9 Å². The van der Waals surface area contributed by atoms with Gasteiger partial charge in [0.1, 0.15) is 5.75 Å². The number of aryl methyl sites for hydroxylation is 1. The molecular formula is C16H27NO. The van der Waals surface area contributed by atoms with Gasteiger partial charge < -0.3 is 10.1 Å². The lowest BCUT2D eigenvalue weighted by Crippen LogP contribution is -2.19. The van der Waals surface area contributed by atoms with Gasteiger partial charge >= 0.3 is 0 Å². The Balaban J connectivity index is 2.03. The second-order valence-electron chi connectivity index (χ2n) is 5.13. The van der Waals surface area contributed by atoms with Crippen molar-refractivity contribution < 1.29 is 4.74 Å². The molecule has 1 rings (SSSR count). The van der Waals surface area contributed by atoms with Crippen molar-refractivity contribution in [3.05, 3.63) is 29.8 Å². The fourth-order valence-electron chi connectivity index (χ4n) is 1.72. The van der Waals surface area contributed by atoms with Crippen LogP contribution in [0, 0.1) is 5.92 Å². The molecule has 2 nitrogen and oxygen atoms in total. The van der Waals surface area contributed by atoms with Gasteiger partial charge in [-0.05, 0) is 56.0 Å². The number of hydrogen-bond acceptors (Lipinski definition) is 2. The fourth-order valence-corrected chi connectivity index (χ4v) is 1.72. The molecule has 0 aliphatic rings. The molecule has 102 valence electrons. The maximum atomic E-state index is 5.69.